The summed E-state index contributed by atoms with van der Waals surface area (Å²) in [5.41, 5.74) is 1.22. The van der Waals surface area contributed by atoms with Gasteiger partial charge < -0.3 is 9.88 Å². The number of nitrogens with one attached hydrogen (secondary N) is 1. The van der Waals surface area contributed by atoms with E-state index < -0.39 is 11.7 Å². The third-order valence-electron chi connectivity index (χ3n) is 4.86. The summed E-state index contributed by atoms with van der Waals surface area (Å²) in [5, 5.41) is 16.6. The van der Waals surface area contributed by atoms with Crippen molar-refractivity contribution in [2.24, 2.45) is 0 Å². The topological polar surface area (TPSA) is 116 Å². The maximum Gasteiger partial charge on any atom is 0.275 e. The Morgan fingerprint density at radius 2 is 2.16 bits per heavy atom. The molecule has 1 aliphatic carbocycles. The van der Waals surface area contributed by atoms with E-state index >= 15 is 0 Å². The van der Waals surface area contributed by atoms with Gasteiger partial charge in [-0.15, -0.1) is 16.4 Å². The molecule has 31 heavy (non-hydrogen) atoms. The van der Waals surface area contributed by atoms with E-state index in [1.165, 1.54) is 17.4 Å². The van der Waals surface area contributed by atoms with Crippen LogP contribution in [0.2, 0.25) is 0 Å². The molecule has 0 aliphatic heterocycles. The van der Waals surface area contributed by atoms with Gasteiger partial charge >= 0.3 is 0 Å². The molecule has 4 aromatic rings. The number of carbonyl (C=O) groups is 1. The van der Waals surface area contributed by atoms with E-state index in [0.717, 1.165) is 24.7 Å². The Hall–Kier alpha value is -3.54. The van der Waals surface area contributed by atoms with Crippen LogP contribution in [0.5, 0.6) is 0 Å². The molecule has 0 aromatic carbocycles. The second kappa shape index (κ2) is 7.61. The van der Waals surface area contributed by atoms with Crippen molar-refractivity contribution in [2.75, 3.05) is 5.32 Å². The lowest BCUT2D eigenvalue weighted by molar-refractivity contribution is 0.102. The Labute approximate surface area is 180 Å². The smallest absolute Gasteiger partial charge is 0.275 e. The lowest BCUT2D eigenvalue weighted by Gasteiger charge is -2.07. The van der Waals surface area contributed by atoms with Crippen LogP contribution in [0.4, 0.5) is 10.2 Å². The van der Waals surface area contributed by atoms with Crippen molar-refractivity contribution < 1.29 is 9.18 Å². The average molecular weight is 439 g/mol. The molecule has 0 radical (unpaired) electrons. The third-order valence-corrected chi connectivity index (χ3v) is 5.70. The van der Waals surface area contributed by atoms with Crippen molar-refractivity contribution in [3.63, 3.8) is 0 Å². The first-order valence-corrected chi connectivity index (χ1v) is 10.6. The summed E-state index contributed by atoms with van der Waals surface area (Å²) in [7, 11) is 0. The monoisotopic (exact) mass is 439 g/mol. The molecule has 158 valence electrons. The molecule has 1 N–H and O–H groups in total. The highest BCUT2D eigenvalue weighted by molar-refractivity contribution is 7.13. The fourth-order valence-corrected chi connectivity index (χ4v) is 3.83. The van der Waals surface area contributed by atoms with Gasteiger partial charge in [-0.1, -0.05) is 0 Å². The Bertz CT molecular complexity index is 1260. The number of thiazole rings is 1. The van der Waals surface area contributed by atoms with Crippen LogP contribution in [-0.2, 0) is 0 Å². The Balaban J connectivity index is 1.36. The zero-order valence-corrected chi connectivity index (χ0v) is 17.5. The van der Waals surface area contributed by atoms with Crippen molar-refractivity contribution in [3.05, 3.63) is 47.4 Å². The zero-order valence-electron chi connectivity index (χ0n) is 16.7. The number of pyridine rings is 1. The number of hydrogen-bond donors (Lipinski definition) is 1. The van der Waals surface area contributed by atoms with Crippen LogP contribution in [0.1, 0.15) is 54.8 Å². The molecule has 5 rings (SSSR count). The van der Waals surface area contributed by atoms with Gasteiger partial charge in [0.25, 0.3) is 5.91 Å². The maximum absolute atomic E-state index is 14.4. The first kappa shape index (κ1) is 19.4. The maximum atomic E-state index is 14.4. The van der Waals surface area contributed by atoms with Gasteiger partial charge in [0.05, 0.1) is 29.9 Å². The standard InChI is InChI=1S/C19H18FN9OS/c1-10(2)29-17(25-26-27-29)19-24-16(8-31-19)23-18(30)13-5-15(12(20)6-21-13)28-7-14(22-9-28)11-3-4-11/h5-11H,3-4H2,1-2H3,(H,23,30). The highest BCUT2D eigenvalue weighted by Gasteiger charge is 2.26. The van der Waals surface area contributed by atoms with Gasteiger partial charge in [0, 0.05) is 17.5 Å². The van der Waals surface area contributed by atoms with Gasteiger partial charge in [0.2, 0.25) is 5.82 Å². The van der Waals surface area contributed by atoms with Crippen LogP contribution in [0, 0.1) is 5.82 Å². The summed E-state index contributed by atoms with van der Waals surface area (Å²) in [6.45, 7) is 3.92. The number of tetrazole rings is 1. The largest absolute Gasteiger partial charge is 0.304 e. The summed E-state index contributed by atoms with van der Waals surface area (Å²) in [6, 6.07) is 1.47. The van der Waals surface area contributed by atoms with Gasteiger partial charge in [0.15, 0.2) is 10.8 Å². The molecule has 0 bridgehead atoms. The molecular weight excluding hydrogens is 421 g/mol. The third kappa shape index (κ3) is 3.81. The lowest BCUT2D eigenvalue weighted by Crippen LogP contribution is -2.15. The molecule has 0 saturated heterocycles. The molecule has 10 nitrogen and oxygen atoms in total. The second-order valence-corrected chi connectivity index (χ2v) is 8.39. The highest BCUT2D eigenvalue weighted by Crippen LogP contribution is 2.39. The summed E-state index contributed by atoms with van der Waals surface area (Å²) in [5.74, 6) is 0.283. The molecule has 0 atom stereocenters. The van der Waals surface area contributed by atoms with Crippen molar-refractivity contribution in [2.45, 2.75) is 38.6 Å². The Morgan fingerprint density at radius 1 is 1.32 bits per heavy atom. The molecule has 1 saturated carbocycles. The molecule has 4 aromatic heterocycles. The number of rotatable bonds is 6. The fourth-order valence-electron chi connectivity index (χ4n) is 3.11. The molecular formula is C19H18FN9OS. The number of amides is 1. The second-order valence-electron chi connectivity index (χ2n) is 7.53. The van der Waals surface area contributed by atoms with Gasteiger partial charge in [-0.05, 0) is 43.2 Å². The van der Waals surface area contributed by atoms with E-state index in [0.29, 0.717) is 22.6 Å². The number of hydrogen-bond acceptors (Lipinski definition) is 8. The van der Waals surface area contributed by atoms with E-state index in [1.54, 1.807) is 27.2 Å². The van der Waals surface area contributed by atoms with Crippen molar-refractivity contribution in [1.82, 2.24) is 39.7 Å². The predicted octanol–water partition coefficient (Wildman–Crippen LogP) is 3.23. The predicted molar refractivity (Wildman–Crippen MR) is 111 cm³/mol. The van der Waals surface area contributed by atoms with Crippen LogP contribution >= 0.6 is 11.3 Å². The summed E-state index contributed by atoms with van der Waals surface area (Å²) in [6.07, 6.45) is 6.58. The molecule has 0 spiro atoms. The fraction of sp³-hybridized carbons (Fsp3) is 0.316. The molecule has 1 aliphatic rings. The normalized spacial score (nSPS) is 13.7. The number of nitrogens with zero attached hydrogens (tertiary/aromatic N) is 8. The minimum Gasteiger partial charge on any atom is -0.304 e. The number of carbonyl (C=O) groups excluding carboxylic acids is 1. The molecule has 12 heteroatoms. The van der Waals surface area contributed by atoms with Crippen molar-refractivity contribution >= 4 is 23.1 Å². The number of anilines is 1. The summed E-state index contributed by atoms with van der Waals surface area (Å²) >= 11 is 1.31. The first-order valence-electron chi connectivity index (χ1n) is 9.74. The number of aromatic nitrogens is 8. The first-order chi connectivity index (χ1) is 15.0. The van der Waals surface area contributed by atoms with Gasteiger partial charge in [-0.25, -0.2) is 24.0 Å². The van der Waals surface area contributed by atoms with Gasteiger partial charge in [0.1, 0.15) is 11.5 Å². The minimum absolute atomic E-state index is 0.0670. The number of imidazole rings is 1. The van der Waals surface area contributed by atoms with E-state index in [2.05, 4.69) is 35.8 Å². The van der Waals surface area contributed by atoms with Crippen molar-refractivity contribution in [3.8, 4) is 16.5 Å². The van der Waals surface area contributed by atoms with E-state index in [9.17, 15) is 9.18 Å². The van der Waals surface area contributed by atoms with E-state index in [4.69, 9.17) is 0 Å². The van der Waals surface area contributed by atoms with Gasteiger partial charge in [-0.2, -0.15) is 0 Å². The van der Waals surface area contributed by atoms with Crippen LogP contribution in [0.25, 0.3) is 16.5 Å². The SMILES string of the molecule is CC(C)n1nnnc1-c1nc(NC(=O)c2cc(-n3cnc(C4CC4)c3)c(F)cn2)cs1. The Kier molecular flexibility index (Phi) is 4.77. The van der Waals surface area contributed by atoms with E-state index in [1.807, 2.05) is 13.8 Å². The number of halogens is 1. The average Bonchev–Trinajstić information content (AvgIpc) is 3.14. The van der Waals surface area contributed by atoms with Crippen LogP contribution in [0.3, 0.4) is 0 Å². The van der Waals surface area contributed by atoms with E-state index in [-0.39, 0.29) is 17.4 Å². The van der Waals surface area contributed by atoms with Crippen LogP contribution < -0.4 is 5.32 Å². The van der Waals surface area contributed by atoms with Crippen LogP contribution in [-0.4, -0.2) is 45.6 Å². The zero-order chi connectivity index (χ0) is 21.5. The Morgan fingerprint density at radius 3 is 2.94 bits per heavy atom. The molecule has 1 fully saturated rings. The van der Waals surface area contributed by atoms with Crippen LogP contribution in [0.15, 0.2) is 30.2 Å². The van der Waals surface area contributed by atoms with Crippen molar-refractivity contribution in [1.29, 1.82) is 0 Å². The summed E-state index contributed by atoms with van der Waals surface area (Å²) in [4.78, 5) is 25.4. The van der Waals surface area contributed by atoms with Gasteiger partial charge in [-0.3, -0.25) is 4.79 Å². The lowest BCUT2D eigenvalue weighted by atomic mass is 10.3. The quantitative estimate of drug-likeness (QED) is 0.490. The molecule has 0 unspecified atom stereocenters. The summed E-state index contributed by atoms with van der Waals surface area (Å²) < 4.78 is 17.6. The highest BCUT2D eigenvalue weighted by atomic mass is 32.1. The molecule has 1 amide bonds. The minimum atomic E-state index is -0.534. The molecule has 4 heterocycles.